The summed E-state index contributed by atoms with van der Waals surface area (Å²) in [5, 5.41) is 20.4. The Morgan fingerprint density at radius 3 is 2.81 bits per heavy atom. The highest BCUT2D eigenvalue weighted by Gasteiger charge is 2.34. The molecule has 114 valence electrons. The predicted octanol–water partition coefficient (Wildman–Crippen LogP) is -0.0629. The van der Waals surface area contributed by atoms with E-state index in [-0.39, 0.29) is 18.1 Å². The van der Waals surface area contributed by atoms with Gasteiger partial charge in [-0.25, -0.2) is 0 Å². The van der Waals surface area contributed by atoms with E-state index in [1.54, 1.807) is 0 Å². The van der Waals surface area contributed by atoms with Gasteiger partial charge in [0.25, 0.3) is 0 Å². The second kappa shape index (κ2) is 5.10. The molecule has 2 aliphatic heterocycles. The largest absolute Gasteiger partial charge is 0.392 e. The van der Waals surface area contributed by atoms with Crippen molar-refractivity contribution in [2.24, 2.45) is 0 Å². The van der Waals surface area contributed by atoms with E-state index in [1.807, 2.05) is 4.90 Å². The lowest BCUT2D eigenvalue weighted by Crippen LogP contribution is -2.44. The maximum atomic E-state index is 12.5. The van der Waals surface area contributed by atoms with Gasteiger partial charge in [-0.1, -0.05) is 0 Å². The van der Waals surface area contributed by atoms with Gasteiger partial charge in [0.05, 0.1) is 17.8 Å². The Balaban J connectivity index is 1.45. The minimum absolute atomic E-state index is 0.137. The monoisotopic (exact) mass is 290 g/mol. The van der Waals surface area contributed by atoms with E-state index < -0.39 is 0 Å². The molecular formula is C15H22N4O2. The van der Waals surface area contributed by atoms with E-state index in [4.69, 9.17) is 0 Å². The number of rotatable bonds is 2. The molecule has 6 nitrogen and oxygen atoms in total. The summed E-state index contributed by atoms with van der Waals surface area (Å²) < 4.78 is 0. The number of hydrogen-bond donors (Lipinski definition) is 3. The third kappa shape index (κ3) is 2.46. The number of aromatic nitrogens is 2. The smallest absolute Gasteiger partial charge is 0.239 e. The normalized spacial score (nSPS) is 29.3. The van der Waals surface area contributed by atoms with Crippen molar-refractivity contribution in [3.05, 3.63) is 17.0 Å². The molecule has 2 fully saturated rings. The molecule has 0 bridgehead atoms. The lowest BCUT2D eigenvalue weighted by atomic mass is 10.1. The molecule has 0 radical (unpaired) electrons. The summed E-state index contributed by atoms with van der Waals surface area (Å²) in [7, 11) is 0. The average Bonchev–Trinajstić information content (AvgIpc) is 3.17. The predicted molar refractivity (Wildman–Crippen MR) is 77.0 cm³/mol. The van der Waals surface area contributed by atoms with Crippen LogP contribution in [0.5, 0.6) is 0 Å². The van der Waals surface area contributed by atoms with Gasteiger partial charge in [0, 0.05) is 37.7 Å². The minimum atomic E-state index is -0.385. The van der Waals surface area contributed by atoms with Gasteiger partial charge in [-0.3, -0.25) is 9.89 Å². The summed E-state index contributed by atoms with van der Waals surface area (Å²) in [4.78, 5) is 14.5. The van der Waals surface area contributed by atoms with Crippen LogP contribution in [0.3, 0.4) is 0 Å². The van der Waals surface area contributed by atoms with Crippen molar-refractivity contribution in [1.29, 1.82) is 0 Å². The zero-order valence-electron chi connectivity index (χ0n) is 12.1. The van der Waals surface area contributed by atoms with Crippen LogP contribution in [0.25, 0.3) is 0 Å². The summed E-state index contributed by atoms with van der Waals surface area (Å²) in [5.74, 6) is 0.788. The molecule has 21 heavy (non-hydrogen) atoms. The number of aliphatic hydroxyl groups excluding tert-OH is 1. The van der Waals surface area contributed by atoms with Crippen molar-refractivity contribution >= 4 is 5.91 Å². The van der Waals surface area contributed by atoms with Crippen LogP contribution in [0.2, 0.25) is 0 Å². The number of aromatic amines is 1. The molecule has 1 amide bonds. The van der Waals surface area contributed by atoms with Crippen LogP contribution in [0, 0.1) is 0 Å². The molecule has 4 rings (SSSR count). The molecule has 1 aliphatic carbocycles. The zero-order chi connectivity index (χ0) is 14.4. The number of nitrogens with one attached hydrogen (secondary N) is 2. The van der Waals surface area contributed by atoms with E-state index in [0.717, 1.165) is 25.9 Å². The maximum absolute atomic E-state index is 12.5. The standard InChI is InChI=1S/C15H22N4O2/c20-10-7-13(16-8-10)15(21)19-5-3-11-12(4-6-19)17-18-14(11)9-1-2-9/h9-10,13,16,20H,1-8H2,(H,17,18)/t10-,13+/m1/s1. The molecule has 6 heteroatoms. The summed E-state index contributed by atoms with van der Waals surface area (Å²) in [5.41, 5.74) is 3.81. The summed E-state index contributed by atoms with van der Waals surface area (Å²) in [6, 6.07) is -0.211. The Morgan fingerprint density at radius 2 is 2.10 bits per heavy atom. The zero-order valence-corrected chi connectivity index (χ0v) is 12.1. The molecule has 0 spiro atoms. The first-order valence-electron chi connectivity index (χ1n) is 7.98. The van der Waals surface area contributed by atoms with E-state index >= 15 is 0 Å². The van der Waals surface area contributed by atoms with Crippen molar-refractivity contribution in [3.8, 4) is 0 Å². The quantitative estimate of drug-likeness (QED) is 0.712. The average molecular weight is 290 g/mol. The van der Waals surface area contributed by atoms with Crippen LogP contribution >= 0.6 is 0 Å². The van der Waals surface area contributed by atoms with Crippen molar-refractivity contribution in [2.75, 3.05) is 19.6 Å². The Labute approximate surface area is 123 Å². The molecule has 0 unspecified atom stereocenters. The molecule has 3 heterocycles. The first-order chi connectivity index (χ1) is 10.2. The van der Waals surface area contributed by atoms with Crippen LogP contribution in [0.1, 0.15) is 42.1 Å². The van der Waals surface area contributed by atoms with E-state index in [1.165, 1.54) is 29.8 Å². The lowest BCUT2D eigenvalue weighted by Gasteiger charge is -2.23. The van der Waals surface area contributed by atoms with Crippen LogP contribution < -0.4 is 5.32 Å². The number of carbonyl (C=O) groups excluding carboxylic acids is 1. The molecule has 1 saturated heterocycles. The van der Waals surface area contributed by atoms with Gasteiger partial charge in [-0.2, -0.15) is 5.10 Å². The molecule has 3 N–H and O–H groups in total. The molecule has 0 aromatic carbocycles. The van der Waals surface area contributed by atoms with Crippen molar-refractivity contribution in [2.45, 2.75) is 50.2 Å². The molecular weight excluding hydrogens is 268 g/mol. The number of fused-ring (bicyclic) bond motifs is 1. The summed E-state index contributed by atoms with van der Waals surface area (Å²) >= 11 is 0. The fourth-order valence-corrected chi connectivity index (χ4v) is 3.55. The fourth-order valence-electron chi connectivity index (χ4n) is 3.55. The highest BCUT2D eigenvalue weighted by Crippen LogP contribution is 2.41. The molecule has 1 aromatic heterocycles. The van der Waals surface area contributed by atoms with Crippen molar-refractivity contribution in [1.82, 2.24) is 20.4 Å². The highest BCUT2D eigenvalue weighted by atomic mass is 16.3. The van der Waals surface area contributed by atoms with Crippen molar-refractivity contribution in [3.63, 3.8) is 0 Å². The van der Waals surface area contributed by atoms with E-state index in [2.05, 4.69) is 15.5 Å². The number of aliphatic hydroxyl groups is 1. The van der Waals surface area contributed by atoms with E-state index in [9.17, 15) is 9.90 Å². The second-order valence-corrected chi connectivity index (χ2v) is 6.52. The first-order valence-corrected chi connectivity index (χ1v) is 7.98. The Morgan fingerprint density at radius 1 is 1.29 bits per heavy atom. The van der Waals surface area contributed by atoms with Gasteiger partial charge in [0.15, 0.2) is 0 Å². The number of amides is 1. The fraction of sp³-hybridized carbons (Fsp3) is 0.733. The highest BCUT2D eigenvalue weighted by molar-refractivity contribution is 5.82. The first kappa shape index (κ1) is 13.3. The third-order valence-electron chi connectivity index (χ3n) is 4.93. The number of H-pyrrole nitrogens is 1. The number of β-amino-alcohol motifs (C(OH)–C–C–N with tert-alkyl or cyclic N) is 1. The maximum Gasteiger partial charge on any atom is 0.239 e. The Hall–Kier alpha value is -1.40. The van der Waals surface area contributed by atoms with Crippen molar-refractivity contribution < 1.29 is 9.90 Å². The second-order valence-electron chi connectivity index (χ2n) is 6.52. The van der Waals surface area contributed by atoms with Crippen LogP contribution in [-0.2, 0) is 17.6 Å². The number of carbonyl (C=O) groups is 1. The SMILES string of the molecule is O=C([C@@H]1C[C@@H](O)CN1)N1CCc2[nH]nc(C3CC3)c2CC1. The third-order valence-corrected chi connectivity index (χ3v) is 4.93. The molecule has 3 aliphatic rings. The van der Waals surface area contributed by atoms with E-state index in [0.29, 0.717) is 18.9 Å². The topological polar surface area (TPSA) is 81.2 Å². The molecule has 2 atom stereocenters. The van der Waals surface area contributed by atoms with Gasteiger partial charge >= 0.3 is 0 Å². The van der Waals surface area contributed by atoms with Crippen LogP contribution in [-0.4, -0.2) is 57.9 Å². The molecule has 1 aromatic rings. The van der Waals surface area contributed by atoms with Gasteiger partial charge < -0.3 is 15.3 Å². The summed E-state index contributed by atoms with van der Waals surface area (Å²) in [6.07, 6.45) is 4.42. The Bertz CT molecular complexity index is 552. The minimum Gasteiger partial charge on any atom is -0.392 e. The Kier molecular flexibility index (Phi) is 3.23. The summed E-state index contributed by atoms with van der Waals surface area (Å²) in [6.45, 7) is 2.03. The van der Waals surface area contributed by atoms with Gasteiger partial charge in [0.1, 0.15) is 0 Å². The van der Waals surface area contributed by atoms with Gasteiger partial charge in [0.2, 0.25) is 5.91 Å². The molecule has 1 saturated carbocycles. The van der Waals surface area contributed by atoms with Gasteiger partial charge in [-0.05, 0) is 31.2 Å². The number of hydrogen-bond acceptors (Lipinski definition) is 4. The lowest BCUT2D eigenvalue weighted by molar-refractivity contribution is -0.133. The van der Waals surface area contributed by atoms with Crippen LogP contribution in [0.15, 0.2) is 0 Å². The number of nitrogens with zero attached hydrogens (tertiary/aromatic N) is 2. The van der Waals surface area contributed by atoms with Crippen LogP contribution in [0.4, 0.5) is 0 Å². The van der Waals surface area contributed by atoms with Gasteiger partial charge in [-0.15, -0.1) is 0 Å².